The normalized spacial score (nSPS) is 13.3. The van der Waals surface area contributed by atoms with E-state index in [-0.39, 0.29) is 0 Å². The molecule has 0 bridgehead atoms. The molecular weight excluding hydrogens is 381 g/mol. The molecule has 0 aliphatic carbocycles. The van der Waals surface area contributed by atoms with E-state index >= 15 is 0 Å². The molecular formula is C17H11F7N2O. The smallest absolute Gasteiger partial charge is 0.296 e. The third kappa shape index (κ3) is 3.08. The molecule has 3 rings (SSSR count). The molecule has 27 heavy (non-hydrogen) atoms. The lowest BCUT2D eigenvalue weighted by molar-refractivity contribution is -0.360. The minimum absolute atomic E-state index is 0.297. The second-order valence-electron chi connectivity index (χ2n) is 5.94. The van der Waals surface area contributed by atoms with Crippen molar-refractivity contribution in [2.45, 2.75) is 24.4 Å². The van der Waals surface area contributed by atoms with Crippen LogP contribution in [-0.4, -0.2) is 22.3 Å². The minimum atomic E-state index is -6.50. The molecule has 0 saturated carbocycles. The summed E-state index contributed by atoms with van der Waals surface area (Å²) in [6.45, 7) is 0. The monoisotopic (exact) mass is 392 g/mol. The number of aromatic nitrogens is 2. The third-order valence-electron chi connectivity index (χ3n) is 4.14. The molecule has 1 aromatic heterocycles. The number of nitrogens with one attached hydrogen (secondary N) is 2. The van der Waals surface area contributed by atoms with Gasteiger partial charge in [0.1, 0.15) is 5.69 Å². The van der Waals surface area contributed by atoms with Crippen LogP contribution in [0.1, 0.15) is 16.8 Å². The van der Waals surface area contributed by atoms with E-state index in [0.29, 0.717) is 10.9 Å². The number of halogens is 7. The van der Waals surface area contributed by atoms with Crippen molar-refractivity contribution in [2.24, 2.45) is 0 Å². The zero-order chi connectivity index (χ0) is 20.0. The van der Waals surface area contributed by atoms with Crippen LogP contribution in [0, 0.1) is 0 Å². The molecule has 1 heterocycles. The Balaban J connectivity index is 2.05. The number of aromatic amines is 2. The van der Waals surface area contributed by atoms with Gasteiger partial charge in [0.15, 0.2) is 0 Å². The number of benzene rings is 2. The first kappa shape index (κ1) is 19.0. The molecule has 0 atom stereocenters. The highest BCUT2D eigenvalue weighted by atomic mass is 19.4. The van der Waals surface area contributed by atoms with Crippen molar-refractivity contribution in [1.82, 2.24) is 10.2 Å². The van der Waals surface area contributed by atoms with E-state index in [1.807, 2.05) is 0 Å². The van der Waals surface area contributed by atoms with Crippen LogP contribution in [0.5, 0.6) is 0 Å². The van der Waals surface area contributed by atoms with Gasteiger partial charge in [-0.05, 0) is 16.3 Å². The Kier molecular flexibility index (Phi) is 4.32. The Bertz CT molecular complexity index is 1030. The summed E-state index contributed by atoms with van der Waals surface area (Å²) in [4.78, 5) is 11.8. The highest BCUT2D eigenvalue weighted by Crippen LogP contribution is 2.51. The second kappa shape index (κ2) is 6.14. The number of fused-ring (bicyclic) bond motifs is 1. The fraction of sp³-hybridized carbons (Fsp3) is 0.235. The molecule has 0 radical (unpaired) electrons. The largest absolute Gasteiger partial charge is 0.460 e. The summed E-state index contributed by atoms with van der Waals surface area (Å²) in [5, 5.41) is 4.64. The van der Waals surface area contributed by atoms with Crippen molar-refractivity contribution in [3.05, 3.63) is 69.6 Å². The fourth-order valence-electron chi connectivity index (χ4n) is 2.71. The van der Waals surface area contributed by atoms with Crippen LogP contribution in [-0.2, 0) is 12.3 Å². The van der Waals surface area contributed by atoms with E-state index in [1.165, 1.54) is 17.2 Å². The van der Waals surface area contributed by atoms with Gasteiger partial charge in [-0.2, -0.15) is 30.7 Å². The lowest BCUT2D eigenvalue weighted by atomic mass is 9.97. The maximum Gasteiger partial charge on any atom is 0.460 e. The Hall–Kier alpha value is -2.78. The Morgan fingerprint density at radius 2 is 1.44 bits per heavy atom. The quantitative estimate of drug-likeness (QED) is 0.620. The van der Waals surface area contributed by atoms with Gasteiger partial charge >= 0.3 is 18.0 Å². The molecule has 0 unspecified atom stereocenters. The summed E-state index contributed by atoms with van der Waals surface area (Å²) in [6.07, 6.45) is -7.05. The standard InChI is InChI=1S/C17H11F7N2O/c18-15(19,16(20,21)17(22,23)24)13-12(14(27)26-25-13)8-9-5-6-10-3-1-2-4-11(10)7-9/h1-7H,8H2,(H2,25,26,27). The highest BCUT2D eigenvalue weighted by Gasteiger charge is 2.74. The molecule has 0 aliphatic heterocycles. The Labute approximate surface area is 146 Å². The maximum atomic E-state index is 14.0. The van der Waals surface area contributed by atoms with E-state index in [0.717, 1.165) is 5.39 Å². The number of hydrogen-bond donors (Lipinski definition) is 2. The zero-order valence-electron chi connectivity index (χ0n) is 13.3. The van der Waals surface area contributed by atoms with Crippen LogP contribution in [0.3, 0.4) is 0 Å². The van der Waals surface area contributed by atoms with E-state index in [9.17, 15) is 35.5 Å². The molecule has 3 nitrogen and oxygen atoms in total. The number of rotatable bonds is 4. The van der Waals surface area contributed by atoms with Gasteiger partial charge in [0.2, 0.25) is 0 Å². The van der Waals surface area contributed by atoms with E-state index < -0.39 is 41.3 Å². The van der Waals surface area contributed by atoms with E-state index in [4.69, 9.17) is 0 Å². The maximum absolute atomic E-state index is 14.0. The summed E-state index contributed by atoms with van der Waals surface area (Å²) in [7, 11) is 0. The van der Waals surface area contributed by atoms with Gasteiger partial charge in [-0.1, -0.05) is 42.5 Å². The van der Waals surface area contributed by atoms with Crippen LogP contribution in [0.15, 0.2) is 47.3 Å². The average molecular weight is 392 g/mol. The lowest BCUT2D eigenvalue weighted by Crippen LogP contribution is -2.50. The molecule has 2 N–H and O–H groups in total. The molecule has 0 spiro atoms. The molecule has 3 aromatic rings. The van der Waals surface area contributed by atoms with Gasteiger partial charge in [-0.3, -0.25) is 15.0 Å². The molecule has 0 fully saturated rings. The van der Waals surface area contributed by atoms with Crippen molar-refractivity contribution in [1.29, 1.82) is 0 Å². The van der Waals surface area contributed by atoms with Crippen LogP contribution >= 0.6 is 0 Å². The summed E-state index contributed by atoms with van der Waals surface area (Å²) in [5.74, 6) is -12.0. The van der Waals surface area contributed by atoms with Crippen LogP contribution in [0.25, 0.3) is 10.8 Å². The van der Waals surface area contributed by atoms with Gasteiger partial charge in [0.25, 0.3) is 5.56 Å². The predicted molar refractivity (Wildman–Crippen MR) is 83.1 cm³/mol. The molecule has 0 aliphatic rings. The molecule has 0 amide bonds. The zero-order valence-corrected chi connectivity index (χ0v) is 13.3. The third-order valence-corrected chi connectivity index (χ3v) is 4.14. The molecule has 144 valence electrons. The van der Waals surface area contributed by atoms with Crippen molar-refractivity contribution in [2.75, 3.05) is 0 Å². The highest BCUT2D eigenvalue weighted by molar-refractivity contribution is 5.83. The SMILES string of the molecule is O=c1[nH][nH]c(C(F)(F)C(F)(F)C(F)(F)F)c1Cc1ccc2ccccc2c1. The number of H-pyrrole nitrogens is 2. The van der Waals surface area contributed by atoms with Crippen molar-refractivity contribution in [3.63, 3.8) is 0 Å². The summed E-state index contributed by atoms with van der Waals surface area (Å²) < 4.78 is 91.9. The number of hydrogen-bond acceptors (Lipinski definition) is 1. The van der Waals surface area contributed by atoms with Crippen LogP contribution < -0.4 is 5.56 Å². The minimum Gasteiger partial charge on any atom is -0.296 e. The summed E-state index contributed by atoms with van der Waals surface area (Å²) in [5.41, 5.74) is -3.58. The van der Waals surface area contributed by atoms with Crippen molar-refractivity contribution in [3.8, 4) is 0 Å². The van der Waals surface area contributed by atoms with Gasteiger partial charge in [-0.15, -0.1) is 0 Å². The first-order chi connectivity index (χ1) is 12.4. The summed E-state index contributed by atoms with van der Waals surface area (Å²) in [6, 6.07) is 11.6. The van der Waals surface area contributed by atoms with Gasteiger partial charge in [0, 0.05) is 6.42 Å². The van der Waals surface area contributed by atoms with Crippen molar-refractivity contribution >= 4 is 10.8 Å². The predicted octanol–water partition coefficient (Wildman–Crippen LogP) is 4.74. The first-order valence-corrected chi connectivity index (χ1v) is 7.55. The second-order valence-corrected chi connectivity index (χ2v) is 5.94. The van der Waals surface area contributed by atoms with Crippen LogP contribution in [0.2, 0.25) is 0 Å². The molecule has 2 aromatic carbocycles. The van der Waals surface area contributed by atoms with Gasteiger partial charge < -0.3 is 0 Å². The fourth-order valence-corrected chi connectivity index (χ4v) is 2.71. The average Bonchev–Trinajstić information content (AvgIpc) is 2.95. The first-order valence-electron chi connectivity index (χ1n) is 7.55. The van der Waals surface area contributed by atoms with Gasteiger partial charge in [-0.25, -0.2) is 0 Å². The van der Waals surface area contributed by atoms with E-state index in [1.54, 1.807) is 35.4 Å². The van der Waals surface area contributed by atoms with Gasteiger partial charge in [0.05, 0.1) is 5.56 Å². The Morgan fingerprint density at radius 3 is 2.07 bits per heavy atom. The molecule has 10 heteroatoms. The summed E-state index contributed by atoms with van der Waals surface area (Å²) >= 11 is 0. The Morgan fingerprint density at radius 1 is 0.815 bits per heavy atom. The lowest BCUT2D eigenvalue weighted by Gasteiger charge is -2.27. The van der Waals surface area contributed by atoms with Crippen LogP contribution in [0.4, 0.5) is 30.7 Å². The number of alkyl halides is 7. The van der Waals surface area contributed by atoms with E-state index in [2.05, 4.69) is 0 Å². The molecule has 0 saturated heterocycles. The topological polar surface area (TPSA) is 48.6 Å². The van der Waals surface area contributed by atoms with Crippen molar-refractivity contribution < 1.29 is 30.7 Å².